The van der Waals surface area contributed by atoms with Gasteiger partial charge in [0.25, 0.3) is 0 Å². The van der Waals surface area contributed by atoms with Crippen molar-refractivity contribution in [1.29, 1.82) is 0 Å². The molecule has 66 valence electrons. The van der Waals surface area contributed by atoms with E-state index in [9.17, 15) is 0 Å². The molecule has 0 unspecified atom stereocenters. The number of nitrogen functional groups attached to an aromatic ring is 1. The lowest BCUT2D eigenvalue weighted by molar-refractivity contribution is 0.243. The Hall–Kier alpha value is -1.22. The number of benzene rings is 1. The monoisotopic (exact) mass is 166 g/mol. The van der Waals surface area contributed by atoms with Crippen molar-refractivity contribution in [3.63, 3.8) is 0 Å². The summed E-state index contributed by atoms with van der Waals surface area (Å²) < 4.78 is 5.49. The molecule has 0 aliphatic rings. The number of para-hydroxylation sites is 2. The molecule has 12 heavy (non-hydrogen) atoms. The topological polar surface area (TPSA) is 47.3 Å². The van der Waals surface area contributed by atoms with Crippen LogP contribution in [-0.4, -0.2) is 6.10 Å². The van der Waals surface area contributed by atoms with E-state index in [2.05, 4.69) is 5.43 Å². The first-order valence-corrected chi connectivity index (χ1v) is 3.96. The third-order valence-corrected chi connectivity index (χ3v) is 1.41. The summed E-state index contributed by atoms with van der Waals surface area (Å²) in [6.07, 6.45) is 0.166. The van der Waals surface area contributed by atoms with Gasteiger partial charge in [-0.1, -0.05) is 12.1 Å². The molecule has 3 heteroatoms. The fourth-order valence-electron chi connectivity index (χ4n) is 0.943. The Bertz CT molecular complexity index is 248. The molecule has 0 radical (unpaired) electrons. The fraction of sp³-hybridized carbons (Fsp3) is 0.333. The minimum Gasteiger partial charge on any atom is -0.489 e. The van der Waals surface area contributed by atoms with Crippen molar-refractivity contribution >= 4 is 5.69 Å². The Morgan fingerprint density at radius 2 is 2.00 bits per heavy atom. The van der Waals surface area contributed by atoms with Crippen molar-refractivity contribution in [2.75, 3.05) is 5.43 Å². The number of nitrogens with one attached hydrogen (secondary N) is 1. The lowest BCUT2D eigenvalue weighted by Crippen LogP contribution is -2.11. The van der Waals surface area contributed by atoms with Crippen molar-refractivity contribution in [3.05, 3.63) is 24.3 Å². The summed E-state index contributed by atoms with van der Waals surface area (Å²) in [7, 11) is 0. The maximum absolute atomic E-state index is 5.49. The zero-order chi connectivity index (χ0) is 8.97. The van der Waals surface area contributed by atoms with Gasteiger partial charge in [-0.05, 0) is 26.0 Å². The standard InChI is InChI=1S/C9H14N2O/c1-7(2)12-9-6-4-3-5-8(9)11-10/h3-7,11H,10H2,1-2H3. The molecule has 0 aromatic heterocycles. The Morgan fingerprint density at radius 1 is 1.33 bits per heavy atom. The molecule has 3 N–H and O–H groups in total. The van der Waals surface area contributed by atoms with Crippen LogP contribution in [0.3, 0.4) is 0 Å². The van der Waals surface area contributed by atoms with Gasteiger partial charge in [0.2, 0.25) is 0 Å². The molecule has 0 fully saturated rings. The summed E-state index contributed by atoms with van der Waals surface area (Å²) in [6.45, 7) is 3.96. The maximum Gasteiger partial charge on any atom is 0.144 e. The lowest BCUT2D eigenvalue weighted by atomic mass is 10.3. The first-order valence-electron chi connectivity index (χ1n) is 3.96. The van der Waals surface area contributed by atoms with Crippen LogP contribution in [0.2, 0.25) is 0 Å². The highest BCUT2D eigenvalue weighted by Crippen LogP contribution is 2.23. The summed E-state index contributed by atoms with van der Waals surface area (Å²) in [5.41, 5.74) is 3.39. The summed E-state index contributed by atoms with van der Waals surface area (Å²) in [5.74, 6) is 6.08. The van der Waals surface area contributed by atoms with Crippen molar-refractivity contribution < 1.29 is 4.74 Å². The third-order valence-electron chi connectivity index (χ3n) is 1.41. The molecule has 0 atom stereocenters. The number of ether oxygens (including phenoxy) is 1. The van der Waals surface area contributed by atoms with Gasteiger partial charge >= 0.3 is 0 Å². The molecule has 0 saturated heterocycles. The number of hydrogen-bond acceptors (Lipinski definition) is 3. The number of hydrogen-bond donors (Lipinski definition) is 2. The molecule has 1 aromatic carbocycles. The molecule has 1 rings (SSSR count). The van der Waals surface area contributed by atoms with E-state index in [-0.39, 0.29) is 6.10 Å². The number of nitrogens with two attached hydrogens (primary N) is 1. The second-order valence-electron chi connectivity index (χ2n) is 2.81. The molecule has 3 nitrogen and oxygen atoms in total. The molecule has 0 aliphatic carbocycles. The number of rotatable bonds is 3. The highest BCUT2D eigenvalue weighted by atomic mass is 16.5. The highest BCUT2D eigenvalue weighted by Gasteiger charge is 2.01. The van der Waals surface area contributed by atoms with Gasteiger partial charge in [-0.3, -0.25) is 5.84 Å². The predicted octanol–water partition coefficient (Wildman–Crippen LogP) is 1.76. The molecule has 0 bridgehead atoms. The molecule has 0 heterocycles. The fourth-order valence-corrected chi connectivity index (χ4v) is 0.943. The van der Waals surface area contributed by atoms with Crippen molar-refractivity contribution in [2.24, 2.45) is 5.84 Å². The van der Waals surface area contributed by atoms with E-state index >= 15 is 0 Å². The minimum atomic E-state index is 0.166. The maximum atomic E-state index is 5.49. The quantitative estimate of drug-likeness (QED) is 0.531. The van der Waals surface area contributed by atoms with Crippen LogP contribution >= 0.6 is 0 Å². The van der Waals surface area contributed by atoms with Gasteiger partial charge in [0.05, 0.1) is 11.8 Å². The molecule has 0 saturated carbocycles. The Labute approximate surface area is 72.5 Å². The molecule has 1 aromatic rings. The highest BCUT2D eigenvalue weighted by molar-refractivity contribution is 5.55. The Morgan fingerprint density at radius 3 is 2.58 bits per heavy atom. The molecular weight excluding hydrogens is 152 g/mol. The molecule has 0 aliphatic heterocycles. The van der Waals surface area contributed by atoms with Gasteiger partial charge in [0, 0.05) is 0 Å². The SMILES string of the molecule is CC(C)Oc1ccccc1NN. The van der Waals surface area contributed by atoms with Crippen LogP contribution < -0.4 is 16.0 Å². The molecular formula is C9H14N2O. The van der Waals surface area contributed by atoms with E-state index in [1.807, 2.05) is 38.1 Å². The van der Waals surface area contributed by atoms with Gasteiger partial charge in [0.1, 0.15) is 5.75 Å². The van der Waals surface area contributed by atoms with E-state index in [4.69, 9.17) is 10.6 Å². The minimum absolute atomic E-state index is 0.166. The smallest absolute Gasteiger partial charge is 0.144 e. The average Bonchev–Trinajstić information content (AvgIpc) is 2.04. The van der Waals surface area contributed by atoms with Crippen molar-refractivity contribution in [1.82, 2.24) is 0 Å². The van der Waals surface area contributed by atoms with Gasteiger partial charge < -0.3 is 10.2 Å². The molecule has 0 amide bonds. The predicted molar refractivity (Wildman–Crippen MR) is 50.0 cm³/mol. The van der Waals surface area contributed by atoms with Crippen LogP contribution in [0.25, 0.3) is 0 Å². The first-order chi connectivity index (χ1) is 5.74. The van der Waals surface area contributed by atoms with Gasteiger partial charge in [-0.15, -0.1) is 0 Å². The first kappa shape index (κ1) is 8.87. The van der Waals surface area contributed by atoms with Crippen LogP contribution in [0.5, 0.6) is 5.75 Å². The number of anilines is 1. The largest absolute Gasteiger partial charge is 0.489 e. The van der Waals surface area contributed by atoms with Gasteiger partial charge in [-0.25, -0.2) is 0 Å². The van der Waals surface area contributed by atoms with Crippen LogP contribution in [-0.2, 0) is 0 Å². The third kappa shape index (κ3) is 2.13. The van der Waals surface area contributed by atoms with E-state index in [1.165, 1.54) is 0 Å². The van der Waals surface area contributed by atoms with E-state index in [0.717, 1.165) is 11.4 Å². The van der Waals surface area contributed by atoms with E-state index in [0.29, 0.717) is 0 Å². The summed E-state index contributed by atoms with van der Waals surface area (Å²) in [6, 6.07) is 7.58. The summed E-state index contributed by atoms with van der Waals surface area (Å²) >= 11 is 0. The van der Waals surface area contributed by atoms with Crippen molar-refractivity contribution in [3.8, 4) is 5.75 Å². The second-order valence-corrected chi connectivity index (χ2v) is 2.81. The summed E-state index contributed by atoms with van der Waals surface area (Å²) in [4.78, 5) is 0. The molecule has 0 spiro atoms. The van der Waals surface area contributed by atoms with Crippen LogP contribution in [0.15, 0.2) is 24.3 Å². The number of hydrazine groups is 1. The zero-order valence-corrected chi connectivity index (χ0v) is 7.37. The zero-order valence-electron chi connectivity index (χ0n) is 7.37. The summed E-state index contributed by atoms with van der Waals surface area (Å²) in [5, 5.41) is 0. The van der Waals surface area contributed by atoms with Gasteiger partial charge in [-0.2, -0.15) is 0 Å². The Kier molecular flexibility index (Phi) is 2.94. The second kappa shape index (κ2) is 3.97. The van der Waals surface area contributed by atoms with Crippen molar-refractivity contribution in [2.45, 2.75) is 20.0 Å². The lowest BCUT2D eigenvalue weighted by Gasteiger charge is -2.12. The van der Waals surface area contributed by atoms with E-state index in [1.54, 1.807) is 0 Å². The normalized spacial score (nSPS) is 10.0. The van der Waals surface area contributed by atoms with Crippen LogP contribution in [0.4, 0.5) is 5.69 Å². The average molecular weight is 166 g/mol. The van der Waals surface area contributed by atoms with Crippen LogP contribution in [0, 0.1) is 0 Å². The van der Waals surface area contributed by atoms with Gasteiger partial charge in [0.15, 0.2) is 0 Å². The van der Waals surface area contributed by atoms with E-state index < -0.39 is 0 Å². The van der Waals surface area contributed by atoms with Crippen LogP contribution in [0.1, 0.15) is 13.8 Å². The Balaban J connectivity index is 2.82.